The highest BCUT2D eigenvalue weighted by atomic mass is 16.5. The molecule has 0 aliphatic heterocycles. The predicted octanol–water partition coefficient (Wildman–Crippen LogP) is 6.02. The quantitative estimate of drug-likeness (QED) is 0.292. The van der Waals surface area contributed by atoms with E-state index in [1.807, 2.05) is 107 Å². The zero-order chi connectivity index (χ0) is 26.6. The molecule has 1 N–H and O–H groups in total. The third-order valence-corrected chi connectivity index (χ3v) is 6.57. The van der Waals surface area contributed by atoms with E-state index in [4.69, 9.17) is 4.74 Å². The summed E-state index contributed by atoms with van der Waals surface area (Å²) in [5, 5.41) is 3.12. The van der Waals surface area contributed by atoms with Crippen molar-refractivity contribution >= 4 is 11.8 Å². The van der Waals surface area contributed by atoms with Crippen LogP contribution in [-0.2, 0) is 22.6 Å². The van der Waals surface area contributed by atoms with Crippen LogP contribution >= 0.6 is 0 Å². The summed E-state index contributed by atoms with van der Waals surface area (Å²) in [5.41, 5.74) is 4.36. The van der Waals surface area contributed by atoms with Crippen LogP contribution in [0.5, 0.6) is 5.75 Å². The topological polar surface area (TPSA) is 58.6 Å². The molecule has 5 heteroatoms. The molecule has 0 radical (unpaired) electrons. The van der Waals surface area contributed by atoms with Gasteiger partial charge in [-0.1, -0.05) is 84.8 Å². The Labute approximate surface area is 221 Å². The normalized spacial score (nSPS) is 12.4. The first-order valence-electron chi connectivity index (χ1n) is 13.2. The first-order chi connectivity index (χ1) is 17.9. The first-order valence-corrected chi connectivity index (χ1v) is 13.2. The molecule has 2 unspecified atom stereocenters. The molecule has 2 atom stereocenters. The third-order valence-electron chi connectivity index (χ3n) is 6.57. The van der Waals surface area contributed by atoms with Gasteiger partial charge in [0.05, 0.1) is 6.61 Å². The average molecular weight is 501 g/mol. The van der Waals surface area contributed by atoms with E-state index in [0.29, 0.717) is 32.4 Å². The number of hydrogen-bond donors (Lipinski definition) is 1. The highest BCUT2D eigenvalue weighted by Gasteiger charge is 2.30. The summed E-state index contributed by atoms with van der Waals surface area (Å²) >= 11 is 0. The summed E-state index contributed by atoms with van der Waals surface area (Å²) in [6.07, 6.45) is 2.16. The number of rotatable bonds is 13. The Bertz CT molecular complexity index is 1110. The molecule has 0 fully saturated rings. The highest BCUT2D eigenvalue weighted by molar-refractivity contribution is 5.88. The number of amides is 2. The van der Waals surface area contributed by atoms with Gasteiger partial charge in [-0.25, -0.2) is 0 Å². The van der Waals surface area contributed by atoms with Crippen LogP contribution in [0.1, 0.15) is 55.4 Å². The van der Waals surface area contributed by atoms with Crippen LogP contribution < -0.4 is 10.1 Å². The summed E-state index contributed by atoms with van der Waals surface area (Å²) in [4.78, 5) is 28.9. The van der Waals surface area contributed by atoms with Crippen molar-refractivity contribution in [3.8, 4) is 5.75 Å². The van der Waals surface area contributed by atoms with Crippen LogP contribution in [0, 0.1) is 13.8 Å². The van der Waals surface area contributed by atoms with E-state index < -0.39 is 6.04 Å². The molecular weight excluding hydrogens is 460 g/mol. The summed E-state index contributed by atoms with van der Waals surface area (Å²) < 4.78 is 5.84. The molecule has 196 valence electrons. The van der Waals surface area contributed by atoms with Crippen LogP contribution in [0.25, 0.3) is 0 Å². The minimum atomic E-state index is -0.608. The molecule has 37 heavy (non-hydrogen) atoms. The molecule has 0 aromatic heterocycles. The fourth-order valence-corrected chi connectivity index (χ4v) is 4.08. The summed E-state index contributed by atoms with van der Waals surface area (Å²) in [7, 11) is 0. The second-order valence-corrected chi connectivity index (χ2v) is 9.80. The van der Waals surface area contributed by atoms with Crippen molar-refractivity contribution in [2.75, 3.05) is 6.61 Å². The zero-order valence-electron chi connectivity index (χ0n) is 22.6. The van der Waals surface area contributed by atoms with Gasteiger partial charge in [0.1, 0.15) is 11.8 Å². The van der Waals surface area contributed by atoms with E-state index in [2.05, 4.69) is 5.32 Å². The fourth-order valence-electron chi connectivity index (χ4n) is 4.08. The smallest absolute Gasteiger partial charge is 0.243 e. The van der Waals surface area contributed by atoms with Gasteiger partial charge >= 0.3 is 0 Å². The Balaban J connectivity index is 1.78. The SMILES string of the molecule is CCC(C)NC(=O)C(Cc1ccccc1)N(Cc1ccc(C)cc1)C(=O)CCCOc1ccc(C)cc1. The number of benzene rings is 3. The lowest BCUT2D eigenvalue weighted by atomic mass is 10.0. The number of nitrogens with zero attached hydrogens (tertiary/aromatic N) is 1. The Morgan fingerprint density at radius 1 is 0.865 bits per heavy atom. The third kappa shape index (κ3) is 9.09. The molecular formula is C32H40N2O3. The zero-order valence-corrected chi connectivity index (χ0v) is 22.6. The lowest BCUT2D eigenvalue weighted by Gasteiger charge is -2.32. The van der Waals surface area contributed by atoms with Crippen LogP contribution in [-0.4, -0.2) is 35.4 Å². The van der Waals surface area contributed by atoms with Crippen molar-refractivity contribution in [3.63, 3.8) is 0 Å². The van der Waals surface area contributed by atoms with E-state index in [0.717, 1.165) is 28.9 Å². The molecule has 3 rings (SSSR count). The van der Waals surface area contributed by atoms with Crippen LogP contribution in [0.15, 0.2) is 78.9 Å². The molecule has 0 saturated heterocycles. The van der Waals surface area contributed by atoms with E-state index in [-0.39, 0.29) is 17.9 Å². The van der Waals surface area contributed by atoms with Crippen molar-refractivity contribution < 1.29 is 14.3 Å². The lowest BCUT2D eigenvalue weighted by Crippen LogP contribution is -2.52. The van der Waals surface area contributed by atoms with E-state index >= 15 is 0 Å². The van der Waals surface area contributed by atoms with Crippen LogP contribution in [0.4, 0.5) is 0 Å². The number of hydrogen-bond acceptors (Lipinski definition) is 3. The molecule has 5 nitrogen and oxygen atoms in total. The average Bonchev–Trinajstić information content (AvgIpc) is 2.91. The Morgan fingerprint density at radius 3 is 2.11 bits per heavy atom. The summed E-state index contributed by atoms with van der Waals surface area (Å²) in [6, 6.07) is 25.4. The second kappa shape index (κ2) is 14.2. The Hall–Kier alpha value is -3.60. The van der Waals surface area contributed by atoms with Crippen molar-refractivity contribution in [1.29, 1.82) is 0 Å². The fraction of sp³-hybridized carbons (Fsp3) is 0.375. The number of aryl methyl sites for hydroxylation is 2. The molecule has 0 aliphatic rings. The number of carbonyl (C=O) groups is 2. The van der Waals surface area contributed by atoms with Crippen molar-refractivity contribution in [2.45, 2.75) is 72.0 Å². The Kier molecular flexibility index (Phi) is 10.8. The second-order valence-electron chi connectivity index (χ2n) is 9.80. The maximum absolute atomic E-state index is 13.7. The summed E-state index contributed by atoms with van der Waals surface area (Å²) in [6.45, 7) is 8.93. The van der Waals surface area contributed by atoms with Gasteiger partial charge in [0, 0.05) is 25.4 Å². The maximum Gasteiger partial charge on any atom is 0.243 e. The van der Waals surface area contributed by atoms with Gasteiger partial charge in [-0.15, -0.1) is 0 Å². The van der Waals surface area contributed by atoms with Crippen molar-refractivity contribution in [2.24, 2.45) is 0 Å². The van der Waals surface area contributed by atoms with Gasteiger partial charge < -0.3 is 15.0 Å². The molecule has 3 aromatic carbocycles. The minimum absolute atomic E-state index is 0.0324. The summed E-state index contributed by atoms with van der Waals surface area (Å²) in [5.74, 6) is 0.632. The van der Waals surface area contributed by atoms with Crippen molar-refractivity contribution in [3.05, 3.63) is 101 Å². The lowest BCUT2D eigenvalue weighted by molar-refractivity contribution is -0.141. The molecule has 2 amide bonds. The van der Waals surface area contributed by atoms with E-state index in [1.54, 1.807) is 4.90 Å². The molecule has 0 heterocycles. The molecule has 0 bridgehead atoms. The maximum atomic E-state index is 13.7. The largest absolute Gasteiger partial charge is 0.494 e. The van der Waals surface area contributed by atoms with E-state index in [1.165, 1.54) is 5.56 Å². The van der Waals surface area contributed by atoms with Gasteiger partial charge in [0.15, 0.2) is 0 Å². The van der Waals surface area contributed by atoms with Crippen molar-refractivity contribution in [1.82, 2.24) is 10.2 Å². The molecule has 3 aromatic rings. The minimum Gasteiger partial charge on any atom is -0.494 e. The Morgan fingerprint density at radius 2 is 1.49 bits per heavy atom. The number of ether oxygens (including phenoxy) is 1. The predicted molar refractivity (Wildman–Crippen MR) is 149 cm³/mol. The van der Waals surface area contributed by atoms with Gasteiger partial charge in [-0.3, -0.25) is 9.59 Å². The molecule has 0 spiro atoms. The molecule has 0 saturated carbocycles. The standard InChI is InChI=1S/C32H40N2O3/c1-5-26(4)33-32(36)30(22-27-10-7-6-8-11-27)34(23-28-17-13-24(2)14-18-28)31(35)12-9-21-37-29-19-15-25(3)16-20-29/h6-8,10-11,13-20,26,30H,5,9,12,21-23H2,1-4H3,(H,33,36). The van der Waals surface area contributed by atoms with Gasteiger partial charge in [-0.05, 0) is 56.9 Å². The number of nitrogens with one attached hydrogen (secondary N) is 1. The highest BCUT2D eigenvalue weighted by Crippen LogP contribution is 2.18. The molecule has 0 aliphatic carbocycles. The van der Waals surface area contributed by atoms with E-state index in [9.17, 15) is 9.59 Å². The van der Waals surface area contributed by atoms with Crippen LogP contribution in [0.2, 0.25) is 0 Å². The van der Waals surface area contributed by atoms with Gasteiger partial charge in [0.25, 0.3) is 0 Å². The monoisotopic (exact) mass is 500 g/mol. The van der Waals surface area contributed by atoms with Crippen LogP contribution in [0.3, 0.4) is 0 Å². The number of carbonyl (C=O) groups excluding carboxylic acids is 2. The van der Waals surface area contributed by atoms with Gasteiger partial charge in [0.2, 0.25) is 11.8 Å². The first kappa shape index (κ1) is 28.0. The van der Waals surface area contributed by atoms with Gasteiger partial charge in [-0.2, -0.15) is 0 Å².